The number of amides is 1. The second-order valence-corrected chi connectivity index (χ2v) is 11.8. The van der Waals surface area contributed by atoms with Crippen LogP contribution >= 0.6 is 11.9 Å². The number of nitrogens with one attached hydrogen (secondary N) is 4. The number of anilines is 3. The minimum atomic E-state index is -0.0754. The Bertz CT molecular complexity index is 1620. The number of pyridine rings is 2. The molecule has 4 N–H and O–H groups in total. The topological polar surface area (TPSA) is 117 Å². The molecule has 2 aliphatic carbocycles. The first-order chi connectivity index (χ1) is 21.1. The molecule has 218 valence electrons. The number of hydrogen-bond donors (Lipinski definition) is 4. The van der Waals surface area contributed by atoms with Crippen LogP contribution in [0.2, 0.25) is 0 Å². The quantitative estimate of drug-likeness (QED) is 0.139. The Labute approximate surface area is 256 Å². The van der Waals surface area contributed by atoms with Gasteiger partial charge in [0.25, 0.3) is 5.91 Å². The number of aromatic nitrogens is 4. The van der Waals surface area contributed by atoms with Gasteiger partial charge in [-0.3, -0.25) is 14.5 Å². The standard InChI is InChI=1S/C33H34N8OS/c1-34-43-28-15-16-30(36-20-28)29-21-37-33(41-31(29)38-24-5-3-2-4-6-24)40-26-10-7-22(8-11-26)9-12-27-19-23(17-18-35-27)32(42)39-25-13-14-25/h7-8,10-11,15-21,24-25,34H,2-6,13-14H2,1H3,(H,39,42)(H2,37,38,40,41). The maximum atomic E-state index is 12.3. The molecular formula is C33H34N8OS. The summed E-state index contributed by atoms with van der Waals surface area (Å²) in [7, 11) is 1.89. The number of hydrogen-bond acceptors (Lipinski definition) is 9. The minimum absolute atomic E-state index is 0.0754. The van der Waals surface area contributed by atoms with E-state index in [0.29, 0.717) is 29.3 Å². The van der Waals surface area contributed by atoms with E-state index in [1.165, 1.54) is 31.2 Å². The fourth-order valence-corrected chi connectivity index (χ4v) is 5.41. The fourth-order valence-electron chi connectivity index (χ4n) is 4.94. The van der Waals surface area contributed by atoms with Crippen molar-refractivity contribution in [3.8, 4) is 23.1 Å². The van der Waals surface area contributed by atoms with Gasteiger partial charge in [0.05, 0.1) is 11.3 Å². The van der Waals surface area contributed by atoms with E-state index >= 15 is 0 Å². The van der Waals surface area contributed by atoms with Crippen molar-refractivity contribution in [1.82, 2.24) is 30.0 Å². The van der Waals surface area contributed by atoms with E-state index in [1.807, 2.05) is 55.8 Å². The summed E-state index contributed by atoms with van der Waals surface area (Å²) in [5.41, 5.74) is 4.53. The number of carbonyl (C=O) groups is 1. The monoisotopic (exact) mass is 590 g/mol. The van der Waals surface area contributed by atoms with Crippen LogP contribution in [0.3, 0.4) is 0 Å². The highest BCUT2D eigenvalue weighted by Gasteiger charge is 2.24. The van der Waals surface area contributed by atoms with Crippen molar-refractivity contribution >= 4 is 35.3 Å². The van der Waals surface area contributed by atoms with Gasteiger partial charge in [-0.05, 0) is 99.1 Å². The smallest absolute Gasteiger partial charge is 0.251 e. The molecule has 6 rings (SSSR count). The maximum Gasteiger partial charge on any atom is 0.251 e. The first-order valence-corrected chi connectivity index (χ1v) is 15.5. The van der Waals surface area contributed by atoms with Gasteiger partial charge in [0, 0.05) is 52.4 Å². The Hall–Kier alpha value is -4.46. The highest BCUT2D eigenvalue weighted by atomic mass is 32.2. The van der Waals surface area contributed by atoms with Crippen molar-refractivity contribution in [3.05, 3.63) is 83.9 Å². The average Bonchev–Trinajstić information content (AvgIpc) is 3.86. The molecule has 9 nitrogen and oxygen atoms in total. The Balaban J connectivity index is 1.16. The van der Waals surface area contributed by atoms with Gasteiger partial charge in [0.15, 0.2) is 0 Å². The molecule has 0 spiro atoms. The van der Waals surface area contributed by atoms with Gasteiger partial charge in [0.1, 0.15) is 11.5 Å². The summed E-state index contributed by atoms with van der Waals surface area (Å²) in [5.74, 6) is 7.42. The van der Waals surface area contributed by atoms with Crippen LogP contribution in [0.5, 0.6) is 0 Å². The van der Waals surface area contributed by atoms with Crippen LogP contribution in [0.15, 0.2) is 72.0 Å². The van der Waals surface area contributed by atoms with E-state index in [1.54, 1.807) is 18.3 Å². The van der Waals surface area contributed by atoms with Crippen molar-refractivity contribution < 1.29 is 4.79 Å². The zero-order chi connectivity index (χ0) is 29.4. The summed E-state index contributed by atoms with van der Waals surface area (Å²) in [6.07, 6.45) is 13.4. The summed E-state index contributed by atoms with van der Waals surface area (Å²) < 4.78 is 3.08. The van der Waals surface area contributed by atoms with Gasteiger partial charge in [0.2, 0.25) is 5.95 Å². The summed E-state index contributed by atoms with van der Waals surface area (Å²) in [4.78, 5) is 31.9. The van der Waals surface area contributed by atoms with Crippen LogP contribution < -0.4 is 20.7 Å². The summed E-state index contributed by atoms with van der Waals surface area (Å²) in [6.45, 7) is 0. The molecule has 3 heterocycles. The molecule has 43 heavy (non-hydrogen) atoms. The fraction of sp³-hybridized carbons (Fsp3) is 0.303. The molecule has 1 aromatic carbocycles. The lowest BCUT2D eigenvalue weighted by Crippen LogP contribution is -2.25. The van der Waals surface area contributed by atoms with Crippen molar-refractivity contribution in [2.45, 2.75) is 61.9 Å². The highest BCUT2D eigenvalue weighted by Crippen LogP contribution is 2.30. The lowest BCUT2D eigenvalue weighted by Gasteiger charge is -2.24. The van der Waals surface area contributed by atoms with E-state index in [4.69, 9.17) is 4.98 Å². The predicted octanol–water partition coefficient (Wildman–Crippen LogP) is 5.94. The molecule has 2 aliphatic rings. The van der Waals surface area contributed by atoms with E-state index in [2.05, 4.69) is 47.5 Å². The van der Waals surface area contributed by atoms with Crippen molar-refractivity contribution in [2.24, 2.45) is 0 Å². The lowest BCUT2D eigenvalue weighted by atomic mass is 9.95. The van der Waals surface area contributed by atoms with Crippen molar-refractivity contribution in [2.75, 3.05) is 17.7 Å². The first kappa shape index (κ1) is 28.6. The van der Waals surface area contributed by atoms with Gasteiger partial charge >= 0.3 is 0 Å². The number of carbonyl (C=O) groups excluding carboxylic acids is 1. The average molecular weight is 591 g/mol. The molecule has 0 aliphatic heterocycles. The molecule has 10 heteroatoms. The third-order valence-corrected chi connectivity index (χ3v) is 8.06. The molecule has 1 amide bonds. The van der Waals surface area contributed by atoms with E-state index in [0.717, 1.165) is 58.9 Å². The van der Waals surface area contributed by atoms with Gasteiger partial charge in [-0.1, -0.05) is 25.2 Å². The number of rotatable bonds is 9. The summed E-state index contributed by atoms with van der Waals surface area (Å²) in [5, 5.41) is 10.0. The van der Waals surface area contributed by atoms with Crippen molar-refractivity contribution in [1.29, 1.82) is 0 Å². The molecule has 0 bridgehead atoms. The van der Waals surface area contributed by atoms with E-state index < -0.39 is 0 Å². The molecule has 2 saturated carbocycles. The Morgan fingerprint density at radius 3 is 2.47 bits per heavy atom. The number of nitrogens with zero attached hydrogens (tertiary/aromatic N) is 4. The van der Waals surface area contributed by atoms with Crippen LogP contribution in [-0.2, 0) is 0 Å². The molecular weight excluding hydrogens is 556 g/mol. The molecule has 0 atom stereocenters. The van der Waals surface area contributed by atoms with Crippen LogP contribution in [0.4, 0.5) is 17.5 Å². The van der Waals surface area contributed by atoms with Gasteiger partial charge in [-0.15, -0.1) is 0 Å². The van der Waals surface area contributed by atoms with Gasteiger partial charge in [-0.25, -0.2) is 9.97 Å². The third kappa shape index (κ3) is 7.89. The second-order valence-electron chi connectivity index (χ2n) is 10.8. The zero-order valence-electron chi connectivity index (χ0n) is 24.1. The minimum Gasteiger partial charge on any atom is -0.367 e. The Morgan fingerprint density at radius 1 is 0.884 bits per heavy atom. The van der Waals surface area contributed by atoms with Gasteiger partial charge < -0.3 is 16.0 Å². The van der Waals surface area contributed by atoms with Crippen LogP contribution in [0.25, 0.3) is 11.3 Å². The summed E-state index contributed by atoms with van der Waals surface area (Å²) >= 11 is 1.53. The molecule has 3 aromatic heterocycles. The SMILES string of the molecule is CNSc1ccc(-c2cnc(Nc3ccc(C#Cc4cc(C(=O)NC5CC5)ccn4)cc3)nc2NC2CCCCC2)nc1. The molecule has 2 fully saturated rings. The Morgan fingerprint density at radius 2 is 1.72 bits per heavy atom. The molecule has 4 aromatic rings. The van der Waals surface area contributed by atoms with Gasteiger partial charge in [-0.2, -0.15) is 4.98 Å². The van der Waals surface area contributed by atoms with Crippen molar-refractivity contribution in [3.63, 3.8) is 0 Å². The molecule has 0 radical (unpaired) electrons. The lowest BCUT2D eigenvalue weighted by molar-refractivity contribution is 0.0951. The van der Waals surface area contributed by atoms with E-state index in [9.17, 15) is 4.79 Å². The number of benzene rings is 1. The zero-order valence-corrected chi connectivity index (χ0v) is 24.9. The largest absolute Gasteiger partial charge is 0.367 e. The van der Waals surface area contributed by atoms with E-state index in [-0.39, 0.29) is 5.91 Å². The first-order valence-electron chi connectivity index (χ1n) is 14.7. The summed E-state index contributed by atoms with van der Waals surface area (Å²) in [6, 6.07) is 15.9. The predicted molar refractivity (Wildman–Crippen MR) is 171 cm³/mol. The third-order valence-electron chi connectivity index (χ3n) is 7.38. The second kappa shape index (κ2) is 13.7. The molecule has 0 saturated heterocycles. The van der Waals surface area contributed by atoms with Crippen LogP contribution in [-0.4, -0.2) is 45.0 Å². The normalized spacial score (nSPS) is 14.8. The van der Waals surface area contributed by atoms with Crippen LogP contribution in [0, 0.1) is 11.8 Å². The highest BCUT2D eigenvalue weighted by molar-refractivity contribution is 7.97. The van der Waals surface area contributed by atoms with Crippen LogP contribution in [0.1, 0.15) is 66.6 Å². The molecule has 0 unspecified atom stereocenters. The Kier molecular flexibility index (Phi) is 9.11. The maximum absolute atomic E-state index is 12.3.